The highest BCUT2D eigenvalue weighted by atomic mass is 35.5. The van der Waals surface area contributed by atoms with E-state index in [9.17, 15) is 0 Å². The van der Waals surface area contributed by atoms with Crippen molar-refractivity contribution in [1.82, 2.24) is 5.32 Å². The quantitative estimate of drug-likeness (QED) is 0.760. The maximum absolute atomic E-state index is 5.66. The Morgan fingerprint density at radius 2 is 2.00 bits per heavy atom. The molecule has 1 rings (SSSR count). The van der Waals surface area contributed by atoms with Gasteiger partial charge in [-0.1, -0.05) is 44.2 Å². The van der Waals surface area contributed by atoms with Crippen molar-refractivity contribution < 1.29 is 4.74 Å². The van der Waals surface area contributed by atoms with Crippen LogP contribution >= 0.6 is 11.6 Å². The van der Waals surface area contributed by atoms with Crippen LogP contribution in [0.15, 0.2) is 35.9 Å². The fraction of sp³-hybridized carbons (Fsp3) is 0.467. The van der Waals surface area contributed by atoms with Gasteiger partial charge in [-0.3, -0.25) is 0 Å². The third kappa shape index (κ3) is 5.11. The molecule has 1 N–H and O–H groups in total. The largest absolute Gasteiger partial charge is 0.488 e. The van der Waals surface area contributed by atoms with Gasteiger partial charge in [0.1, 0.15) is 12.4 Å². The van der Waals surface area contributed by atoms with Gasteiger partial charge in [0, 0.05) is 11.1 Å². The van der Waals surface area contributed by atoms with Crippen LogP contribution in [0.1, 0.15) is 38.3 Å². The molecule has 1 atom stereocenters. The Labute approximate surface area is 115 Å². The summed E-state index contributed by atoms with van der Waals surface area (Å²) in [5.74, 6) is 0.825. The normalized spacial score (nSPS) is 12.2. The minimum absolute atomic E-state index is 0.353. The van der Waals surface area contributed by atoms with Gasteiger partial charge in [0.15, 0.2) is 0 Å². The molecule has 0 aromatic heterocycles. The number of rotatable bonds is 8. The molecule has 0 aliphatic rings. The second-order valence-electron chi connectivity index (χ2n) is 4.29. The third-order valence-corrected chi connectivity index (χ3v) is 2.84. The average Bonchev–Trinajstić information content (AvgIpc) is 2.38. The summed E-state index contributed by atoms with van der Waals surface area (Å²) < 4.78 is 5.47. The first-order valence-electron chi connectivity index (χ1n) is 6.46. The zero-order chi connectivity index (χ0) is 13.4. The average molecular weight is 268 g/mol. The number of benzene rings is 1. The lowest BCUT2D eigenvalue weighted by Gasteiger charge is -2.17. The number of nitrogens with one attached hydrogen (secondary N) is 1. The lowest BCUT2D eigenvalue weighted by Crippen LogP contribution is -2.21. The first-order chi connectivity index (χ1) is 8.67. The first kappa shape index (κ1) is 15.1. The van der Waals surface area contributed by atoms with Gasteiger partial charge in [-0.2, -0.15) is 0 Å². The van der Waals surface area contributed by atoms with Crippen molar-refractivity contribution in [1.29, 1.82) is 0 Å². The number of hydrogen-bond acceptors (Lipinski definition) is 2. The SMILES string of the molecule is C=C(Cl)COc1ccc(C(CC)NCCC)cc1. The zero-order valence-electron chi connectivity index (χ0n) is 11.2. The lowest BCUT2D eigenvalue weighted by molar-refractivity contribution is 0.359. The van der Waals surface area contributed by atoms with E-state index in [4.69, 9.17) is 16.3 Å². The summed E-state index contributed by atoms with van der Waals surface area (Å²) in [6, 6.07) is 8.57. The van der Waals surface area contributed by atoms with Crippen LogP contribution < -0.4 is 10.1 Å². The highest BCUT2D eigenvalue weighted by Crippen LogP contribution is 2.20. The smallest absolute Gasteiger partial charge is 0.123 e. The second-order valence-corrected chi connectivity index (χ2v) is 4.82. The molecular weight excluding hydrogens is 246 g/mol. The Kier molecular flexibility index (Phi) is 6.84. The molecule has 0 saturated carbocycles. The molecule has 0 aliphatic carbocycles. The summed E-state index contributed by atoms with van der Waals surface area (Å²) >= 11 is 5.66. The van der Waals surface area contributed by atoms with Crippen molar-refractivity contribution in [3.8, 4) is 5.75 Å². The van der Waals surface area contributed by atoms with E-state index in [0.717, 1.165) is 25.1 Å². The van der Waals surface area contributed by atoms with Gasteiger partial charge in [-0.15, -0.1) is 0 Å². The van der Waals surface area contributed by atoms with Gasteiger partial charge in [0.05, 0.1) is 0 Å². The predicted molar refractivity (Wildman–Crippen MR) is 78.3 cm³/mol. The molecule has 3 heteroatoms. The summed E-state index contributed by atoms with van der Waals surface area (Å²) in [5.41, 5.74) is 1.29. The molecule has 0 amide bonds. The van der Waals surface area contributed by atoms with Crippen LogP contribution in [0.5, 0.6) is 5.75 Å². The number of hydrogen-bond donors (Lipinski definition) is 1. The highest BCUT2D eigenvalue weighted by Gasteiger charge is 2.07. The van der Waals surface area contributed by atoms with Crippen LogP contribution in [0.2, 0.25) is 0 Å². The second kappa shape index (κ2) is 8.17. The van der Waals surface area contributed by atoms with E-state index in [2.05, 4.69) is 37.9 Å². The van der Waals surface area contributed by atoms with Gasteiger partial charge in [-0.05, 0) is 37.1 Å². The van der Waals surface area contributed by atoms with E-state index in [0.29, 0.717) is 17.7 Å². The fourth-order valence-electron chi connectivity index (χ4n) is 1.77. The van der Waals surface area contributed by atoms with Crippen LogP contribution in [0.3, 0.4) is 0 Å². The molecule has 1 aromatic carbocycles. The summed E-state index contributed by atoms with van der Waals surface area (Å²) in [6.07, 6.45) is 2.23. The van der Waals surface area contributed by atoms with E-state index < -0.39 is 0 Å². The van der Waals surface area contributed by atoms with Crippen LogP contribution in [0.25, 0.3) is 0 Å². The van der Waals surface area contributed by atoms with Gasteiger partial charge >= 0.3 is 0 Å². The molecule has 0 aliphatic heterocycles. The van der Waals surface area contributed by atoms with Gasteiger partial charge in [0.2, 0.25) is 0 Å². The first-order valence-corrected chi connectivity index (χ1v) is 6.84. The molecule has 1 unspecified atom stereocenters. The maximum Gasteiger partial charge on any atom is 0.123 e. The molecule has 0 fully saturated rings. The summed E-state index contributed by atoms with van der Waals surface area (Å²) in [5, 5.41) is 4.04. The van der Waals surface area contributed by atoms with Crippen molar-refractivity contribution >= 4 is 11.6 Å². The Morgan fingerprint density at radius 1 is 1.33 bits per heavy atom. The van der Waals surface area contributed by atoms with E-state index in [1.165, 1.54) is 5.56 Å². The molecule has 18 heavy (non-hydrogen) atoms. The standard InChI is InChI=1S/C15H22ClNO/c1-4-10-17-15(5-2)13-6-8-14(9-7-13)18-11-12(3)16/h6-9,15,17H,3-5,10-11H2,1-2H3. The van der Waals surface area contributed by atoms with Crippen LogP contribution in [0, 0.1) is 0 Å². The third-order valence-electron chi connectivity index (χ3n) is 2.73. The zero-order valence-corrected chi connectivity index (χ0v) is 12.0. The molecule has 0 heterocycles. The fourth-order valence-corrected chi connectivity index (χ4v) is 1.83. The maximum atomic E-state index is 5.66. The van der Waals surface area contributed by atoms with Gasteiger partial charge in [-0.25, -0.2) is 0 Å². The Bertz CT molecular complexity index is 361. The molecule has 100 valence electrons. The van der Waals surface area contributed by atoms with Crippen molar-refractivity contribution in [3.05, 3.63) is 41.4 Å². The highest BCUT2D eigenvalue weighted by molar-refractivity contribution is 6.29. The minimum atomic E-state index is 0.353. The van der Waals surface area contributed by atoms with E-state index in [1.807, 2.05) is 12.1 Å². The molecule has 0 saturated heterocycles. The van der Waals surface area contributed by atoms with Crippen LogP contribution in [-0.4, -0.2) is 13.2 Å². The molecule has 0 radical (unpaired) electrons. The van der Waals surface area contributed by atoms with Crippen molar-refractivity contribution in [2.75, 3.05) is 13.2 Å². The predicted octanol–water partition coefficient (Wildman–Crippen LogP) is 4.27. The monoisotopic (exact) mass is 267 g/mol. The van der Waals surface area contributed by atoms with Gasteiger partial charge < -0.3 is 10.1 Å². The molecule has 2 nitrogen and oxygen atoms in total. The van der Waals surface area contributed by atoms with Gasteiger partial charge in [0.25, 0.3) is 0 Å². The number of ether oxygens (including phenoxy) is 1. The summed E-state index contributed by atoms with van der Waals surface area (Å²) in [4.78, 5) is 0. The van der Waals surface area contributed by atoms with E-state index >= 15 is 0 Å². The van der Waals surface area contributed by atoms with Crippen molar-refractivity contribution in [2.24, 2.45) is 0 Å². The Morgan fingerprint density at radius 3 is 2.50 bits per heavy atom. The molecule has 0 bridgehead atoms. The molecule has 0 spiro atoms. The molecular formula is C15H22ClNO. The van der Waals surface area contributed by atoms with Crippen LogP contribution in [-0.2, 0) is 0 Å². The number of halogens is 1. The van der Waals surface area contributed by atoms with Crippen molar-refractivity contribution in [2.45, 2.75) is 32.7 Å². The van der Waals surface area contributed by atoms with E-state index in [1.54, 1.807) is 0 Å². The Balaban J connectivity index is 2.59. The van der Waals surface area contributed by atoms with Crippen LogP contribution in [0.4, 0.5) is 0 Å². The minimum Gasteiger partial charge on any atom is -0.488 e. The van der Waals surface area contributed by atoms with E-state index in [-0.39, 0.29) is 0 Å². The molecule has 1 aromatic rings. The topological polar surface area (TPSA) is 21.3 Å². The lowest BCUT2D eigenvalue weighted by atomic mass is 10.0. The Hall–Kier alpha value is -0.990. The summed E-state index contributed by atoms with van der Waals surface area (Å²) in [7, 11) is 0. The summed E-state index contributed by atoms with van der Waals surface area (Å²) in [6.45, 7) is 9.36. The van der Waals surface area contributed by atoms with Crippen molar-refractivity contribution in [3.63, 3.8) is 0 Å².